The van der Waals surface area contributed by atoms with Crippen LogP contribution in [0.15, 0.2) is 34.4 Å². The van der Waals surface area contributed by atoms with Crippen LogP contribution in [0.4, 0.5) is 0 Å². The van der Waals surface area contributed by atoms with Gasteiger partial charge in [0.05, 0.1) is 0 Å². The molecule has 0 spiro atoms. The quantitative estimate of drug-likeness (QED) is 0.695. The number of ether oxygens (including phenoxy) is 1. The van der Waals surface area contributed by atoms with Gasteiger partial charge in [-0.15, -0.1) is 0 Å². The molecule has 0 saturated heterocycles. The van der Waals surface area contributed by atoms with Crippen molar-refractivity contribution in [3.63, 3.8) is 0 Å². The van der Waals surface area contributed by atoms with Crippen molar-refractivity contribution >= 4 is 0 Å². The maximum Gasteiger partial charge on any atom is 0.149 e. The molecule has 0 aromatic heterocycles. The number of hydrogen-bond donors (Lipinski definition) is 0. The van der Waals surface area contributed by atoms with Gasteiger partial charge in [0.1, 0.15) is 11.4 Å². The average molecular weight is 270 g/mol. The molecule has 0 bridgehead atoms. The van der Waals surface area contributed by atoms with Gasteiger partial charge in [-0.2, -0.15) is 0 Å². The number of allylic oxidation sites excluding steroid dienone is 2. The minimum atomic E-state index is -0.307. The minimum absolute atomic E-state index is 0.307. The fraction of sp³-hybridized carbons (Fsp3) is 0.474. The molecule has 0 radical (unpaired) electrons. The predicted octanol–water partition coefficient (Wildman–Crippen LogP) is 5.44. The van der Waals surface area contributed by atoms with Crippen molar-refractivity contribution < 1.29 is 4.74 Å². The molecule has 1 heteroatoms. The summed E-state index contributed by atoms with van der Waals surface area (Å²) >= 11 is 0. The Labute approximate surface area is 123 Å². The third-order valence-corrected chi connectivity index (χ3v) is 5.03. The Kier molecular flexibility index (Phi) is 3.58. The summed E-state index contributed by atoms with van der Waals surface area (Å²) in [6.07, 6.45) is 0. The summed E-state index contributed by atoms with van der Waals surface area (Å²) in [7, 11) is 0. The van der Waals surface area contributed by atoms with Crippen LogP contribution in [0.2, 0.25) is 0 Å². The van der Waals surface area contributed by atoms with E-state index in [1.807, 2.05) is 0 Å². The first-order valence-electron chi connectivity index (χ1n) is 7.31. The highest BCUT2D eigenvalue weighted by Gasteiger charge is 2.38. The molecular weight excluding hydrogens is 244 g/mol. The van der Waals surface area contributed by atoms with Crippen molar-refractivity contribution in [1.82, 2.24) is 0 Å². The third-order valence-electron chi connectivity index (χ3n) is 5.03. The normalized spacial score (nSPS) is 18.0. The molecule has 0 fully saturated rings. The molecule has 0 saturated carbocycles. The van der Waals surface area contributed by atoms with Gasteiger partial charge >= 0.3 is 0 Å². The number of rotatable bonds is 2. The first-order valence-corrected chi connectivity index (χ1v) is 7.31. The van der Waals surface area contributed by atoms with E-state index in [2.05, 4.69) is 67.5 Å². The van der Waals surface area contributed by atoms with E-state index >= 15 is 0 Å². The van der Waals surface area contributed by atoms with E-state index < -0.39 is 0 Å². The van der Waals surface area contributed by atoms with Crippen molar-refractivity contribution in [2.24, 2.45) is 0 Å². The fourth-order valence-electron chi connectivity index (χ4n) is 3.24. The zero-order valence-electron chi connectivity index (χ0n) is 14.1. The van der Waals surface area contributed by atoms with E-state index in [1.165, 1.54) is 39.0 Å². The maximum absolute atomic E-state index is 6.53. The largest absolute Gasteiger partial charge is 0.478 e. The van der Waals surface area contributed by atoms with Gasteiger partial charge in [-0.25, -0.2) is 0 Å². The molecule has 2 rings (SSSR count). The van der Waals surface area contributed by atoms with E-state index in [4.69, 9.17) is 4.74 Å². The standard InChI is InChI=1S/C19H26O/c1-11-9-12(2)18(13(3)10-11)20-19(8)16(6)14(4)15(5)17(19)7/h9-10H,1-8H3. The Bertz CT molecular complexity index is 582. The van der Waals surface area contributed by atoms with Gasteiger partial charge in [0.2, 0.25) is 0 Å². The Balaban J connectivity index is 2.51. The van der Waals surface area contributed by atoms with Gasteiger partial charge in [-0.1, -0.05) is 17.7 Å². The van der Waals surface area contributed by atoms with Gasteiger partial charge in [0.25, 0.3) is 0 Å². The van der Waals surface area contributed by atoms with Crippen LogP contribution in [0.25, 0.3) is 0 Å². The summed E-state index contributed by atoms with van der Waals surface area (Å²) in [4.78, 5) is 0. The molecule has 1 aromatic carbocycles. The fourth-order valence-corrected chi connectivity index (χ4v) is 3.24. The molecule has 0 atom stereocenters. The van der Waals surface area contributed by atoms with Crippen LogP contribution in [0.1, 0.15) is 51.3 Å². The second-order valence-electron chi connectivity index (χ2n) is 6.36. The van der Waals surface area contributed by atoms with Gasteiger partial charge in [0.15, 0.2) is 0 Å². The van der Waals surface area contributed by atoms with Crippen molar-refractivity contribution in [3.05, 3.63) is 51.1 Å². The van der Waals surface area contributed by atoms with Crippen LogP contribution in [0.5, 0.6) is 5.75 Å². The molecule has 0 aliphatic heterocycles. The second kappa shape index (κ2) is 4.80. The van der Waals surface area contributed by atoms with Crippen molar-refractivity contribution in [2.75, 3.05) is 0 Å². The molecule has 0 amide bonds. The Morgan fingerprint density at radius 1 is 0.750 bits per heavy atom. The molecule has 0 heterocycles. The minimum Gasteiger partial charge on any atom is -0.478 e. The van der Waals surface area contributed by atoms with Gasteiger partial charge in [-0.3, -0.25) is 0 Å². The molecule has 108 valence electrons. The van der Waals surface area contributed by atoms with Crippen LogP contribution >= 0.6 is 0 Å². The van der Waals surface area contributed by atoms with Crippen LogP contribution in [0.3, 0.4) is 0 Å². The van der Waals surface area contributed by atoms with E-state index in [0.29, 0.717) is 0 Å². The van der Waals surface area contributed by atoms with Gasteiger partial charge < -0.3 is 4.74 Å². The second-order valence-corrected chi connectivity index (χ2v) is 6.36. The van der Waals surface area contributed by atoms with E-state index in [-0.39, 0.29) is 5.60 Å². The first kappa shape index (κ1) is 14.9. The molecule has 20 heavy (non-hydrogen) atoms. The monoisotopic (exact) mass is 270 g/mol. The van der Waals surface area contributed by atoms with E-state index in [1.54, 1.807) is 0 Å². The zero-order chi connectivity index (χ0) is 15.2. The van der Waals surface area contributed by atoms with Crippen LogP contribution in [-0.2, 0) is 0 Å². The third kappa shape index (κ3) is 2.09. The smallest absolute Gasteiger partial charge is 0.149 e. The van der Waals surface area contributed by atoms with Crippen LogP contribution in [0, 0.1) is 20.8 Å². The van der Waals surface area contributed by atoms with Gasteiger partial charge in [0, 0.05) is 0 Å². The van der Waals surface area contributed by atoms with Crippen LogP contribution in [-0.4, -0.2) is 5.60 Å². The lowest BCUT2D eigenvalue weighted by Crippen LogP contribution is -2.34. The van der Waals surface area contributed by atoms with Crippen LogP contribution < -0.4 is 4.74 Å². The summed E-state index contributed by atoms with van der Waals surface area (Å²) in [6, 6.07) is 4.39. The summed E-state index contributed by atoms with van der Waals surface area (Å²) < 4.78 is 6.53. The molecule has 1 aliphatic carbocycles. The molecule has 1 nitrogen and oxygen atoms in total. The SMILES string of the molecule is CC1=C(C)C(C)(Oc2c(C)cc(C)cc2C)C(C)=C1C. The molecule has 1 aliphatic rings. The highest BCUT2D eigenvalue weighted by atomic mass is 16.5. The van der Waals surface area contributed by atoms with E-state index in [9.17, 15) is 0 Å². The number of hydrogen-bond acceptors (Lipinski definition) is 1. The highest BCUT2D eigenvalue weighted by molar-refractivity contribution is 5.54. The maximum atomic E-state index is 6.53. The zero-order valence-corrected chi connectivity index (χ0v) is 14.1. The van der Waals surface area contributed by atoms with Crippen molar-refractivity contribution in [3.8, 4) is 5.75 Å². The highest BCUT2D eigenvalue weighted by Crippen LogP contribution is 2.43. The molecule has 0 unspecified atom stereocenters. The number of benzene rings is 1. The first-order chi connectivity index (χ1) is 9.18. The van der Waals surface area contributed by atoms with E-state index in [0.717, 1.165) is 5.75 Å². The van der Waals surface area contributed by atoms with Crippen molar-refractivity contribution in [2.45, 2.75) is 61.0 Å². The van der Waals surface area contributed by atoms with Gasteiger partial charge in [-0.05, 0) is 88.8 Å². The lowest BCUT2D eigenvalue weighted by atomic mass is 9.92. The molecular formula is C19H26O. The average Bonchev–Trinajstić information content (AvgIpc) is 2.51. The lowest BCUT2D eigenvalue weighted by molar-refractivity contribution is 0.166. The summed E-state index contributed by atoms with van der Waals surface area (Å²) in [5.41, 5.74) is 8.80. The number of aryl methyl sites for hydroxylation is 3. The topological polar surface area (TPSA) is 9.23 Å². The predicted molar refractivity (Wildman–Crippen MR) is 86.4 cm³/mol. The summed E-state index contributed by atoms with van der Waals surface area (Å²) in [5, 5.41) is 0. The van der Waals surface area contributed by atoms with Crippen molar-refractivity contribution in [1.29, 1.82) is 0 Å². The summed E-state index contributed by atoms with van der Waals surface area (Å²) in [5.74, 6) is 1.03. The Morgan fingerprint density at radius 2 is 1.15 bits per heavy atom. The molecule has 1 aromatic rings. The lowest BCUT2D eigenvalue weighted by Gasteiger charge is -2.32. The Hall–Kier alpha value is -1.50. The Morgan fingerprint density at radius 3 is 1.55 bits per heavy atom. The summed E-state index contributed by atoms with van der Waals surface area (Å²) in [6.45, 7) is 17.3. The molecule has 0 N–H and O–H groups in total.